The average Bonchev–Trinajstić information content (AvgIpc) is 2.21. The lowest BCUT2D eigenvalue weighted by Crippen LogP contribution is -2.44. The second-order valence-corrected chi connectivity index (χ2v) is 7.90. The summed E-state index contributed by atoms with van der Waals surface area (Å²) in [6.07, 6.45) is 0.564. The van der Waals surface area contributed by atoms with E-state index in [1.54, 1.807) is 13.8 Å². The first-order valence-electron chi connectivity index (χ1n) is 5.95. The van der Waals surface area contributed by atoms with Crippen molar-refractivity contribution < 1.29 is 13.6 Å². The molecule has 0 aromatic carbocycles. The standard InChI is InChI=1S/C11H25N3O3S/c1-9(2)14(8-10(12)13-15)18(16,17)7-6-11(3,4)5/h9,15H,6-8H2,1-5H3,(H2,12,13). The molecule has 0 aromatic heterocycles. The average molecular weight is 279 g/mol. The van der Waals surface area contributed by atoms with Crippen LogP contribution in [-0.4, -0.2) is 42.1 Å². The van der Waals surface area contributed by atoms with Crippen LogP contribution in [0.25, 0.3) is 0 Å². The summed E-state index contributed by atoms with van der Waals surface area (Å²) in [6, 6.07) is -0.227. The van der Waals surface area contributed by atoms with Crippen LogP contribution >= 0.6 is 0 Å². The van der Waals surface area contributed by atoms with Gasteiger partial charge < -0.3 is 10.9 Å². The van der Waals surface area contributed by atoms with Gasteiger partial charge in [0.15, 0.2) is 5.84 Å². The molecule has 108 valence electrons. The van der Waals surface area contributed by atoms with Crippen LogP contribution in [0.15, 0.2) is 5.16 Å². The molecule has 0 radical (unpaired) electrons. The molecule has 0 spiro atoms. The Morgan fingerprint density at radius 1 is 1.39 bits per heavy atom. The molecule has 0 saturated carbocycles. The first-order chi connectivity index (χ1) is 7.99. The lowest BCUT2D eigenvalue weighted by Gasteiger charge is -2.27. The summed E-state index contributed by atoms with van der Waals surface area (Å²) in [7, 11) is -3.40. The van der Waals surface area contributed by atoms with Gasteiger partial charge in [0.05, 0.1) is 12.3 Å². The van der Waals surface area contributed by atoms with Crippen molar-refractivity contribution in [1.82, 2.24) is 4.31 Å². The van der Waals surface area contributed by atoms with Crippen LogP contribution in [0, 0.1) is 5.41 Å². The van der Waals surface area contributed by atoms with Crippen LogP contribution in [0.2, 0.25) is 0 Å². The van der Waals surface area contributed by atoms with E-state index in [0.29, 0.717) is 6.42 Å². The molecule has 0 heterocycles. The molecule has 0 unspecified atom stereocenters. The summed E-state index contributed by atoms with van der Waals surface area (Å²) in [5, 5.41) is 11.4. The summed E-state index contributed by atoms with van der Waals surface area (Å²) >= 11 is 0. The molecule has 18 heavy (non-hydrogen) atoms. The van der Waals surface area contributed by atoms with Crippen molar-refractivity contribution in [1.29, 1.82) is 0 Å². The fraction of sp³-hybridized carbons (Fsp3) is 0.909. The number of nitrogens with zero attached hydrogens (tertiary/aromatic N) is 2. The zero-order valence-electron chi connectivity index (χ0n) is 11.8. The van der Waals surface area contributed by atoms with Gasteiger partial charge in [-0.1, -0.05) is 25.9 Å². The predicted molar refractivity (Wildman–Crippen MR) is 73.1 cm³/mol. The maximum atomic E-state index is 12.2. The summed E-state index contributed by atoms with van der Waals surface area (Å²) < 4.78 is 25.7. The van der Waals surface area contributed by atoms with Crippen molar-refractivity contribution in [3.8, 4) is 0 Å². The van der Waals surface area contributed by atoms with Crippen LogP contribution < -0.4 is 5.73 Å². The second kappa shape index (κ2) is 6.38. The molecule has 0 aliphatic rings. The third-order valence-electron chi connectivity index (χ3n) is 2.49. The summed E-state index contributed by atoms with van der Waals surface area (Å²) in [5.41, 5.74) is 5.33. The minimum atomic E-state index is -3.40. The van der Waals surface area contributed by atoms with Gasteiger partial charge in [0.25, 0.3) is 0 Å². The topological polar surface area (TPSA) is 96.0 Å². The van der Waals surface area contributed by atoms with Crippen molar-refractivity contribution in [3.63, 3.8) is 0 Å². The quantitative estimate of drug-likeness (QED) is 0.330. The number of hydrogen-bond acceptors (Lipinski definition) is 4. The van der Waals surface area contributed by atoms with E-state index in [-0.39, 0.29) is 29.6 Å². The molecule has 0 saturated heterocycles. The van der Waals surface area contributed by atoms with Crippen LogP contribution in [-0.2, 0) is 10.0 Å². The van der Waals surface area contributed by atoms with E-state index < -0.39 is 10.0 Å². The molecule has 0 rings (SSSR count). The lowest BCUT2D eigenvalue weighted by atomic mass is 9.94. The first kappa shape index (κ1) is 17.2. The highest BCUT2D eigenvalue weighted by atomic mass is 32.2. The minimum absolute atomic E-state index is 0.0493. The molecule has 0 amide bonds. The van der Waals surface area contributed by atoms with E-state index in [4.69, 9.17) is 10.9 Å². The van der Waals surface area contributed by atoms with Crippen LogP contribution in [0.4, 0.5) is 0 Å². The maximum Gasteiger partial charge on any atom is 0.214 e. The van der Waals surface area contributed by atoms with E-state index in [0.717, 1.165) is 0 Å². The molecule has 0 aromatic rings. The van der Waals surface area contributed by atoms with Gasteiger partial charge in [-0.05, 0) is 25.7 Å². The Kier molecular flexibility index (Phi) is 6.09. The van der Waals surface area contributed by atoms with Crippen molar-refractivity contribution >= 4 is 15.9 Å². The van der Waals surface area contributed by atoms with E-state index >= 15 is 0 Å². The van der Waals surface area contributed by atoms with Gasteiger partial charge in [0.2, 0.25) is 10.0 Å². The normalized spacial score (nSPS) is 14.5. The van der Waals surface area contributed by atoms with E-state index in [9.17, 15) is 8.42 Å². The van der Waals surface area contributed by atoms with Crippen molar-refractivity contribution in [2.75, 3.05) is 12.3 Å². The Morgan fingerprint density at radius 2 is 1.89 bits per heavy atom. The number of nitrogens with two attached hydrogens (primary N) is 1. The van der Waals surface area contributed by atoms with Crippen molar-refractivity contribution in [3.05, 3.63) is 0 Å². The highest BCUT2D eigenvalue weighted by Crippen LogP contribution is 2.21. The van der Waals surface area contributed by atoms with Crippen LogP contribution in [0.1, 0.15) is 41.0 Å². The molecular weight excluding hydrogens is 254 g/mol. The monoisotopic (exact) mass is 279 g/mol. The molecule has 0 bridgehead atoms. The van der Waals surface area contributed by atoms with Gasteiger partial charge in [-0.2, -0.15) is 4.31 Å². The third-order valence-corrected chi connectivity index (χ3v) is 4.47. The largest absolute Gasteiger partial charge is 0.409 e. The number of sulfonamides is 1. The van der Waals surface area contributed by atoms with Gasteiger partial charge in [-0.15, -0.1) is 0 Å². The summed E-state index contributed by atoms with van der Waals surface area (Å²) in [5.74, 6) is -0.0454. The Hall–Kier alpha value is -0.820. The number of amidine groups is 1. The Balaban J connectivity index is 4.89. The van der Waals surface area contributed by atoms with Gasteiger partial charge in [-0.25, -0.2) is 8.42 Å². The zero-order valence-corrected chi connectivity index (χ0v) is 12.7. The number of hydrogen-bond donors (Lipinski definition) is 2. The van der Waals surface area contributed by atoms with E-state index in [2.05, 4.69) is 5.16 Å². The van der Waals surface area contributed by atoms with Crippen molar-refractivity contribution in [2.24, 2.45) is 16.3 Å². The molecule has 0 fully saturated rings. The van der Waals surface area contributed by atoms with Gasteiger partial charge in [0.1, 0.15) is 0 Å². The number of rotatable bonds is 6. The van der Waals surface area contributed by atoms with Gasteiger partial charge >= 0.3 is 0 Å². The molecule has 0 aliphatic heterocycles. The Morgan fingerprint density at radius 3 is 2.22 bits per heavy atom. The van der Waals surface area contributed by atoms with Gasteiger partial charge in [-0.3, -0.25) is 0 Å². The maximum absolute atomic E-state index is 12.2. The SMILES string of the molecule is CC(C)N(CC(N)=NO)S(=O)(=O)CCC(C)(C)C. The fourth-order valence-corrected chi connectivity index (χ4v) is 3.42. The van der Waals surface area contributed by atoms with E-state index in [1.165, 1.54) is 4.31 Å². The molecular formula is C11H25N3O3S. The molecule has 3 N–H and O–H groups in total. The zero-order chi connectivity index (χ0) is 14.6. The van der Waals surface area contributed by atoms with Crippen LogP contribution in [0.5, 0.6) is 0 Å². The predicted octanol–water partition coefficient (Wildman–Crippen LogP) is 1.21. The molecule has 0 atom stereocenters. The number of oxime groups is 1. The highest BCUT2D eigenvalue weighted by molar-refractivity contribution is 7.89. The molecule has 0 aliphatic carbocycles. The smallest absolute Gasteiger partial charge is 0.214 e. The van der Waals surface area contributed by atoms with Gasteiger partial charge in [0, 0.05) is 6.04 Å². The lowest BCUT2D eigenvalue weighted by molar-refractivity contribution is 0.311. The van der Waals surface area contributed by atoms with E-state index in [1.807, 2.05) is 20.8 Å². The highest BCUT2D eigenvalue weighted by Gasteiger charge is 2.27. The molecule has 6 nitrogen and oxygen atoms in total. The molecule has 7 heteroatoms. The third kappa shape index (κ3) is 6.20. The Bertz CT molecular complexity index is 383. The Labute approximate surface area is 110 Å². The second-order valence-electron chi connectivity index (χ2n) is 5.86. The van der Waals surface area contributed by atoms with Crippen LogP contribution in [0.3, 0.4) is 0 Å². The summed E-state index contributed by atoms with van der Waals surface area (Å²) in [6.45, 7) is 9.42. The first-order valence-corrected chi connectivity index (χ1v) is 7.56. The summed E-state index contributed by atoms with van der Waals surface area (Å²) in [4.78, 5) is 0. The fourth-order valence-electron chi connectivity index (χ4n) is 1.35. The minimum Gasteiger partial charge on any atom is -0.409 e. The van der Waals surface area contributed by atoms with Crippen molar-refractivity contribution in [2.45, 2.75) is 47.1 Å².